The number of halogens is 3. The van der Waals surface area contributed by atoms with Crippen molar-refractivity contribution in [2.75, 3.05) is 6.61 Å². The number of H-pyrrole nitrogens is 1. The molecule has 26 heavy (non-hydrogen) atoms. The number of nitrogens with one attached hydrogen (secondary N) is 1. The van der Waals surface area contributed by atoms with E-state index in [-0.39, 0.29) is 29.7 Å². The van der Waals surface area contributed by atoms with Gasteiger partial charge in [0.25, 0.3) is 0 Å². The lowest BCUT2D eigenvalue weighted by Crippen LogP contribution is -2.19. The number of pyridine rings is 1. The normalized spacial score (nSPS) is 10.9. The van der Waals surface area contributed by atoms with Gasteiger partial charge in [-0.25, -0.2) is 13.6 Å². The van der Waals surface area contributed by atoms with Crippen molar-refractivity contribution in [2.24, 2.45) is 0 Å². The van der Waals surface area contributed by atoms with Crippen LogP contribution in [0.2, 0.25) is 0 Å². The quantitative estimate of drug-likeness (QED) is 0.461. The number of carbonyl (C=O) groups is 1. The fraction of sp³-hybridized carbons (Fsp3) is 0.158. The molecule has 0 saturated carbocycles. The van der Waals surface area contributed by atoms with E-state index in [0.29, 0.717) is 0 Å². The van der Waals surface area contributed by atoms with Crippen molar-refractivity contribution in [2.45, 2.75) is 13.3 Å². The molecule has 3 rings (SSSR count). The van der Waals surface area contributed by atoms with E-state index in [1.807, 2.05) is 24.3 Å². The fourth-order valence-electron chi connectivity index (χ4n) is 2.69. The number of aromatic amines is 1. The van der Waals surface area contributed by atoms with Crippen molar-refractivity contribution >= 4 is 39.5 Å². The van der Waals surface area contributed by atoms with Gasteiger partial charge >= 0.3 is 5.97 Å². The molecule has 0 aliphatic carbocycles. The van der Waals surface area contributed by atoms with Gasteiger partial charge in [0, 0.05) is 16.2 Å². The van der Waals surface area contributed by atoms with Crippen LogP contribution in [0.25, 0.3) is 10.9 Å². The van der Waals surface area contributed by atoms with Gasteiger partial charge in [-0.15, -0.1) is 0 Å². The number of esters is 1. The Morgan fingerprint density at radius 3 is 2.58 bits per heavy atom. The molecular weight excluding hydrogens is 455 g/mol. The average Bonchev–Trinajstić information content (AvgIpc) is 2.61. The molecular formula is C19H14F2INO3. The number of benzene rings is 2. The second-order valence-electron chi connectivity index (χ2n) is 5.64. The highest BCUT2D eigenvalue weighted by Crippen LogP contribution is 2.23. The summed E-state index contributed by atoms with van der Waals surface area (Å²) in [5.74, 6) is -2.47. The molecule has 0 radical (unpaired) electrons. The first-order valence-electron chi connectivity index (χ1n) is 7.86. The Morgan fingerprint density at radius 2 is 1.92 bits per heavy atom. The summed E-state index contributed by atoms with van der Waals surface area (Å²) in [6, 6.07) is 8.41. The molecule has 0 atom stereocenters. The summed E-state index contributed by atoms with van der Waals surface area (Å²) in [5.41, 5.74) is -0.578. The Morgan fingerprint density at radius 1 is 1.23 bits per heavy atom. The van der Waals surface area contributed by atoms with Crippen LogP contribution >= 0.6 is 22.6 Å². The van der Waals surface area contributed by atoms with Crippen LogP contribution in [-0.2, 0) is 11.2 Å². The largest absolute Gasteiger partial charge is 0.462 e. The second kappa shape index (κ2) is 7.53. The summed E-state index contributed by atoms with van der Waals surface area (Å²) in [5, 5.41) is -0.487. The lowest BCUT2D eigenvalue weighted by Gasteiger charge is -2.09. The molecule has 0 bridgehead atoms. The van der Waals surface area contributed by atoms with Gasteiger partial charge in [-0.05, 0) is 58.8 Å². The first-order chi connectivity index (χ1) is 12.4. The molecule has 4 nitrogen and oxygen atoms in total. The molecule has 0 unspecified atom stereocenters. The number of hydrogen-bond donors (Lipinski definition) is 1. The van der Waals surface area contributed by atoms with E-state index in [9.17, 15) is 18.4 Å². The summed E-state index contributed by atoms with van der Waals surface area (Å²) in [6.45, 7) is 1.66. The SMILES string of the molecule is CCOC(=O)c1c[nH]c2c(F)c(Cc3ccc(I)cc3)cc(F)c2c1=O. The molecule has 0 amide bonds. The Kier molecular flexibility index (Phi) is 5.36. The van der Waals surface area contributed by atoms with Crippen molar-refractivity contribution in [1.82, 2.24) is 4.98 Å². The van der Waals surface area contributed by atoms with Crippen LogP contribution in [0.15, 0.2) is 41.3 Å². The van der Waals surface area contributed by atoms with Gasteiger partial charge < -0.3 is 9.72 Å². The Balaban J connectivity index is 2.11. The molecule has 0 aliphatic rings. The highest BCUT2D eigenvalue weighted by atomic mass is 127. The van der Waals surface area contributed by atoms with E-state index in [2.05, 4.69) is 27.6 Å². The zero-order chi connectivity index (χ0) is 18.8. The third kappa shape index (κ3) is 3.48. The molecule has 7 heteroatoms. The Hall–Kier alpha value is -2.29. The van der Waals surface area contributed by atoms with Crippen molar-refractivity contribution in [3.05, 3.63) is 78.6 Å². The molecule has 3 aromatic rings. The predicted molar refractivity (Wildman–Crippen MR) is 102 cm³/mol. The van der Waals surface area contributed by atoms with Gasteiger partial charge in [0.15, 0.2) is 5.82 Å². The van der Waals surface area contributed by atoms with Crippen molar-refractivity contribution < 1.29 is 18.3 Å². The minimum atomic E-state index is -0.894. The van der Waals surface area contributed by atoms with Gasteiger partial charge in [-0.2, -0.15) is 0 Å². The summed E-state index contributed by atoms with van der Waals surface area (Å²) >= 11 is 2.16. The lowest BCUT2D eigenvalue weighted by molar-refractivity contribution is 0.0524. The van der Waals surface area contributed by atoms with Crippen LogP contribution in [0, 0.1) is 15.2 Å². The lowest BCUT2D eigenvalue weighted by atomic mass is 10.0. The molecule has 1 N–H and O–H groups in total. The zero-order valence-corrected chi connectivity index (χ0v) is 15.9. The summed E-state index contributed by atoms with van der Waals surface area (Å²) in [6.07, 6.45) is 1.23. The highest BCUT2D eigenvalue weighted by molar-refractivity contribution is 14.1. The highest BCUT2D eigenvalue weighted by Gasteiger charge is 2.20. The fourth-order valence-corrected chi connectivity index (χ4v) is 3.05. The number of rotatable bonds is 4. The Bertz CT molecular complexity index is 1050. The van der Waals surface area contributed by atoms with Crippen molar-refractivity contribution in [3.8, 4) is 0 Å². The average molecular weight is 469 g/mol. The first-order valence-corrected chi connectivity index (χ1v) is 8.94. The van der Waals surface area contributed by atoms with Gasteiger partial charge in [-0.1, -0.05) is 12.1 Å². The second-order valence-corrected chi connectivity index (χ2v) is 6.88. The standard InChI is InChI=1S/C19H14F2INO3/c1-2-26-19(25)13-9-23-17-15(18(13)24)14(20)8-11(16(17)21)7-10-3-5-12(22)6-4-10/h3-6,8-9H,2,7H2,1H3,(H,23,24). The van der Waals surface area contributed by atoms with Gasteiger partial charge in [0.2, 0.25) is 5.43 Å². The van der Waals surface area contributed by atoms with Gasteiger partial charge in [-0.3, -0.25) is 4.79 Å². The minimum absolute atomic E-state index is 0.0715. The van der Waals surface area contributed by atoms with Gasteiger partial charge in [0.1, 0.15) is 11.4 Å². The first kappa shape index (κ1) is 18.5. The van der Waals surface area contributed by atoms with Crippen LogP contribution in [0.4, 0.5) is 8.78 Å². The topological polar surface area (TPSA) is 59.2 Å². The van der Waals surface area contributed by atoms with Crippen LogP contribution in [0.1, 0.15) is 28.4 Å². The van der Waals surface area contributed by atoms with Crippen LogP contribution < -0.4 is 5.43 Å². The number of fused-ring (bicyclic) bond motifs is 1. The van der Waals surface area contributed by atoms with Crippen molar-refractivity contribution in [3.63, 3.8) is 0 Å². The molecule has 0 spiro atoms. The molecule has 0 aliphatic heterocycles. The minimum Gasteiger partial charge on any atom is -0.462 e. The number of aromatic nitrogens is 1. The smallest absolute Gasteiger partial charge is 0.343 e. The van der Waals surface area contributed by atoms with Crippen LogP contribution in [0.5, 0.6) is 0 Å². The Labute approximate surface area is 161 Å². The van der Waals surface area contributed by atoms with E-state index < -0.39 is 28.4 Å². The predicted octanol–water partition coefficient (Wildman–Crippen LogP) is 4.18. The maximum Gasteiger partial charge on any atom is 0.343 e. The van der Waals surface area contributed by atoms with E-state index in [1.165, 1.54) is 0 Å². The third-order valence-electron chi connectivity index (χ3n) is 3.93. The third-order valence-corrected chi connectivity index (χ3v) is 4.65. The molecule has 1 heterocycles. The summed E-state index contributed by atoms with van der Waals surface area (Å²) in [7, 11) is 0. The monoisotopic (exact) mass is 469 g/mol. The number of ether oxygens (including phenoxy) is 1. The molecule has 0 fully saturated rings. The molecule has 134 valence electrons. The maximum absolute atomic E-state index is 14.8. The van der Waals surface area contributed by atoms with E-state index in [4.69, 9.17) is 4.74 Å². The molecule has 0 saturated heterocycles. The van der Waals surface area contributed by atoms with Gasteiger partial charge in [0.05, 0.1) is 17.5 Å². The molecule has 2 aromatic carbocycles. The molecule has 1 aromatic heterocycles. The van der Waals surface area contributed by atoms with E-state index in [1.54, 1.807) is 6.92 Å². The summed E-state index contributed by atoms with van der Waals surface area (Å²) in [4.78, 5) is 26.7. The van der Waals surface area contributed by atoms with Crippen LogP contribution in [0.3, 0.4) is 0 Å². The summed E-state index contributed by atoms with van der Waals surface area (Å²) < 4.78 is 35.2. The van der Waals surface area contributed by atoms with E-state index >= 15 is 0 Å². The van der Waals surface area contributed by atoms with E-state index in [0.717, 1.165) is 21.4 Å². The maximum atomic E-state index is 14.8. The van der Waals surface area contributed by atoms with Crippen molar-refractivity contribution in [1.29, 1.82) is 0 Å². The van der Waals surface area contributed by atoms with Crippen LogP contribution in [-0.4, -0.2) is 17.6 Å². The zero-order valence-electron chi connectivity index (χ0n) is 13.7. The number of carbonyl (C=O) groups excluding carboxylic acids is 1. The number of hydrogen-bond acceptors (Lipinski definition) is 3.